The van der Waals surface area contributed by atoms with Crippen molar-refractivity contribution in [3.8, 4) is 44.7 Å². The summed E-state index contributed by atoms with van der Waals surface area (Å²) in [5.74, 6) is 0.879. The van der Waals surface area contributed by atoms with Gasteiger partial charge in [0.2, 0.25) is 0 Å². The van der Waals surface area contributed by atoms with Crippen molar-refractivity contribution >= 4 is 28.0 Å². The molecule has 0 amide bonds. The molecule has 0 N–H and O–H groups in total. The van der Waals surface area contributed by atoms with E-state index in [1.165, 1.54) is 22.3 Å². The molecule has 0 aliphatic heterocycles. The summed E-state index contributed by atoms with van der Waals surface area (Å²) < 4.78 is 6.15. The zero-order valence-electron chi connectivity index (χ0n) is 25.3. The first kappa shape index (κ1) is 27.4. The first-order valence-electron chi connectivity index (χ1n) is 15.6. The molecule has 0 saturated carbocycles. The van der Waals surface area contributed by atoms with Crippen LogP contribution in [0.25, 0.3) is 55.7 Å². The van der Waals surface area contributed by atoms with Crippen molar-refractivity contribution in [1.82, 2.24) is 0 Å². The molecule has 1 aromatic heterocycles. The lowest BCUT2D eigenvalue weighted by molar-refractivity contribution is 0.631. The van der Waals surface area contributed by atoms with Crippen molar-refractivity contribution in [1.29, 1.82) is 0 Å². The zero-order chi connectivity index (χ0) is 30.7. The van der Waals surface area contributed by atoms with Gasteiger partial charge in [0, 0.05) is 28.0 Å². The average Bonchev–Trinajstić information content (AvgIpc) is 3.58. The van der Waals surface area contributed by atoms with Crippen LogP contribution in [0.2, 0.25) is 0 Å². The third-order valence-electron chi connectivity index (χ3n) is 8.49. The van der Waals surface area contributed by atoms with Crippen molar-refractivity contribution in [2.45, 2.75) is 0 Å². The molecule has 0 aliphatic carbocycles. The second-order valence-corrected chi connectivity index (χ2v) is 11.4. The Morgan fingerprint density at radius 2 is 0.826 bits per heavy atom. The van der Waals surface area contributed by atoms with Gasteiger partial charge >= 0.3 is 0 Å². The molecule has 0 radical (unpaired) electrons. The molecule has 0 spiro atoms. The van der Waals surface area contributed by atoms with Gasteiger partial charge in [0.05, 0.1) is 0 Å². The van der Waals surface area contributed by atoms with Gasteiger partial charge in [0.25, 0.3) is 0 Å². The van der Waals surface area contributed by atoms with Crippen LogP contribution in [-0.2, 0) is 0 Å². The lowest BCUT2D eigenvalue weighted by Crippen LogP contribution is -2.09. The highest BCUT2D eigenvalue weighted by Crippen LogP contribution is 2.38. The summed E-state index contributed by atoms with van der Waals surface area (Å²) in [5.41, 5.74) is 12.5. The van der Waals surface area contributed by atoms with Crippen LogP contribution in [-0.4, -0.2) is 0 Å². The van der Waals surface area contributed by atoms with Gasteiger partial charge in [0.15, 0.2) is 0 Å². The number of benzene rings is 7. The summed E-state index contributed by atoms with van der Waals surface area (Å²) in [6.07, 6.45) is 0. The molecule has 1 heterocycles. The van der Waals surface area contributed by atoms with Gasteiger partial charge in [-0.05, 0) is 88.0 Å². The molecule has 0 unspecified atom stereocenters. The van der Waals surface area contributed by atoms with Crippen LogP contribution < -0.4 is 4.90 Å². The van der Waals surface area contributed by atoms with Gasteiger partial charge in [-0.15, -0.1) is 0 Å². The number of rotatable bonds is 7. The average molecular weight is 590 g/mol. The van der Waals surface area contributed by atoms with Crippen LogP contribution in [0.15, 0.2) is 192 Å². The zero-order valence-corrected chi connectivity index (χ0v) is 25.3. The van der Waals surface area contributed by atoms with Gasteiger partial charge in [-0.3, -0.25) is 0 Å². The largest absolute Gasteiger partial charge is 0.456 e. The molecule has 0 atom stereocenters. The lowest BCUT2D eigenvalue weighted by atomic mass is 9.94. The first-order chi connectivity index (χ1) is 22.8. The van der Waals surface area contributed by atoms with E-state index in [2.05, 4.69) is 175 Å². The SMILES string of the molecule is c1ccc(-c2ccccc2-c2ccc(N(c3ccccc3)c3ccc(-c4cccc(-c5cc6ccccc6o5)c4)cc3)cc2)cc1. The number of para-hydroxylation sites is 2. The quantitative estimate of drug-likeness (QED) is 0.184. The molecular weight excluding hydrogens is 558 g/mol. The molecule has 0 saturated heterocycles. The van der Waals surface area contributed by atoms with Gasteiger partial charge in [-0.2, -0.15) is 0 Å². The number of anilines is 3. The van der Waals surface area contributed by atoms with Crippen molar-refractivity contribution < 1.29 is 4.42 Å². The topological polar surface area (TPSA) is 16.4 Å². The summed E-state index contributed by atoms with van der Waals surface area (Å²) in [5, 5.41) is 1.11. The van der Waals surface area contributed by atoms with Gasteiger partial charge in [0.1, 0.15) is 11.3 Å². The van der Waals surface area contributed by atoms with E-state index in [4.69, 9.17) is 4.42 Å². The van der Waals surface area contributed by atoms with Crippen LogP contribution in [0.3, 0.4) is 0 Å². The summed E-state index contributed by atoms with van der Waals surface area (Å²) >= 11 is 0. The van der Waals surface area contributed by atoms with Crippen LogP contribution in [0.1, 0.15) is 0 Å². The predicted molar refractivity (Wildman–Crippen MR) is 193 cm³/mol. The number of hydrogen-bond acceptors (Lipinski definition) is 2. The molecule has 46 heavy (non-hydrogen) atoms. The fourth-order valence-electron chi connectivity index (χ4n) is 6.20. The smallest absolute Gasteiger partial charge is 0.135 e. The van der Waals surface area contributed by atoms with E-state index in [0.717, 1.165) is 50.5 Å². The van der Waals surface area contributed by atoms with E-state index in [-0.39, 0.29) is 0 Å². The lowest BCUT2D eigenvalue weighted by Gasteiger charge is -2.26. The number of nitrogens with zero attached hydrogens (tertiary/aromatic N) is 1. The minimum atomic E-state index is 0.879. The highest BCUT2D eigenvalue weighted by molar-refractivity contribution is 5.86. The second kappa shape index (κ2) is 12.1. The fraction of sp³-hybridized carbons (Fsp3) is 0. The molecule has 2 nitrogen and oxygen atoms in total. The van der Waals surface area contributed by atoms with E-state index in [0.29, 0.717) is 0 Å². The van der Waals surface area contributed by atoms with E-state index in [9.17, 15) is 0 Å². The molecule has 8 rings (SSSR count). The van der Waals surface area contributed by atoms with Gasteiger partial charge in [-0.25, -0.2) is 0 Å². The predicted octanol–water partition coefficient (Wildman–Crippen LogP) is 12.6. The summed E-state index contributed by atoms with van der Waals surface area (Å²) in [6.45, 7) is 0. The van der Waals surface area contributed by atoms with Crippen molar-refractivity contribution in [2.75, 3.05) is 4.90 Å². The molecule has 218 valence electrons. The highest BCUT2D eigenvalue weighted by Gasteiger charge is 2.14. The molecular formula is C44H31NO. The summed E-state index contributed by atoms with van der Waals surface area (Å²) in [4.78, 5) is 2.31. The summed E-state index contributed by atoms with van der Waals surface area (Å²) in [6, 6.07) is 66.3. The maximum Gasteiger partial charge on any atom is 0.135 e. The second-order valence-electron chi connectivity index (χ2n) is 11.4. The first-order valence-corrected chi connectivity index (χ1v) is 15.6. The Balaban J connectivity index is 1.12. The fourth-order valence-corrected chi connectivity index (χ4v) is 6.20. The van der Waals surface area contributed by atoms with Gasteiger partial charge in [-0.1, -0.05) is 133 Å². The van der Waals surface area contributed by atoms with Crippen molar-refractivity contribution in [2.24, 2.45) is 0 Å². The Labute approximate surface area is 269 Å². The third kappa shape index (κ3) is 5.38. The Morgan fingerprint density at radius 3 is 1.50 bits per heavy atom. The van der Waals surface area contributed by atoms with Crippen molar-refractivity contribution in [3.63, 3.8) is 0 Å². The number of fused-ring (bicyclic) bond motifs is 1. The van der Waals surface area contributed by atoms with Crippen LogP contribution in [0.5, 0.6) is 0 Å². The van der Waals surface area contributed by atoms with Gasteiger partial charge < -0.3 is 9.32 Å². The molecule has 8 aromatic rings. The molecule has 7 aromatic carbocycles. The van der Waals surface area contributed by atoms with E-state index < -0.39 is 0 Å². The maximum atomic E-state index is 6.15. The summed E-state index contributed by atoms with van der Waals surface area (Å²) in [7, 11) is 0. The Bertz CT molecular complexity index is 2200. The molecule has 0 bridgehead atoms. The molecule has 0 fully saturated rings. The third-order valence-corrected chi connectivity index (χ3v) is 8.49. The Kier molecular flexibility index (Phi) is 7.22. The van der Waals surface area contributed by atoms with Crippen LogP contribution >= 0.6 is 0 Å². The van der Waals surface area contributed by atoms with Crippen molar-refractivity contribution in [3.05, 3.63) is 188 Å². The Hall–Kier alpha value is -6.12. The number of hydrogen-bond donors (Lipinski definition) is 0. The standard InChI is InChI=1S/C44H31NO/c1-3-12-33(13-4-1)41-19-8-9-20-42(41)34-24-28-40(29-25-34)45(38-17-5-2-6-18-38)39-26-22-32(23-27-39)35-15-11-16-36(30-35)44-31-37-14-7-10-21-43(37)46-44/h1-31H. The van der Waals surface area contributed by atoms with E-state index in [1.54, 1.807) is 0 Å². The van der Waals surface area contributed by atoms with Crippen LogP contribution in [0.4, 0.5) is 17.1 Å². The van der Waals surface area contributed by atoms with Crippen LogP contribution in [0, 0.1) is 0 Å². The van der Waals surface area contributed by atoms with E-state index >= 15 is 0 Å². The number of furan rings is 1. The maximum absolute atomic E-state index is 6.15. The minimum Gasteiger partial charge on any atom is -0.456 e. The normalized spacial score (nSPS) is 11.0. The Morgan fingerprint density at radius 1 is 0.326 bits per heavy atom. The van der Waals surface area contributed by atoms with E-state index in [1.807, 2.05) is 18.2 Å². The highest BCUT2D eigenvalue weighted by atomic mass is 16.3. The molecule has 0 aliphatic rings. The molecule has 2 heteroatoms. The minimum absolute atomic E-state index is 0.879. The monoisotopic (exact) mass is 589 g/mol.